The van der Waals surface area contributed by atoms with Crippen LogP contribution in [-0.2, 0) is 17.9 Å². The van der Waals surface area contributed by atoms with Crippen molar-refractivity contribution in [2.45, 2.75) is 32.1 Å². The van der Waals surface area contributed by atoms with Gasteiger partial charge in [0.25, 0.3) is 0 Å². The maximum absolute atomic E-state index is 6.02. The van der Waals surface area contributed by atoms with E-state index in [1.165, 1.54) is 5.52 Å². The number of likely N-dealkylation sites (tertiary alicyclic amines) is 1. The number of para-hydroxylation sites is 2. The van der Waals surface area contributed by atoms with E-state index in [1.807, 2.05) is 36.8 Å². The highest BCUT2D eigenvalue weighted by Crippen LogP contribution is 2.16. The van der Waals surface area contributed by atoms with Crippen LogP contribution in [0.3, 0.4) is 0 Å². The van der Waals surface area contributed by atoms with E-state index in [2.05, 4.69) is 37.6 Å². The number of hydrogen-bond acceptors (Lipinski definition) is 4. The summed E-state index contributed by atoms with van der Waals surface area (Å²) in [4.78, 5) is 11.3. The summed E-state index contributed by atoms with van der Waals surface area (Å²) >= 11 is 0. The molecule has 0 atom stereocenters. The molecule has 1 aromatic carbocycles. The van der Waals surface area contributed by atoms with E-state index >= 15 is 0 Å². The second-order valence-electron chi connectivity index (χ2n) is 6.60. The Kier molecular flexibility index (Phi) is 5.04. The highest BCUT2D eigenvalue weighted by molar-refractivity contribution is 5.74. The first-order valence-corrected chi connectivity index (χ1v) is 9.02. The zero-order valence-electron chi connectivity index (χ0n) is 14.4. The first-order chi connectivity index (χ1) is 12.4. The lowest BCUT2D eigenvalue weighted by Crippen LogP contribution is -2.38. The summed E-state index contributed by atoms with van der Waals surface area (Å²) in [5, 5.41) is 0. The molecule has 2 aromatic heterocycles. The molecular weight excluding hydrogens is 312 g/mol. The van der Waals surface area contributed by atoms with Crippen LogP contribution < -0.4 is 0 Å². The molecule has 25 heavy (non-hydrogen) atoms. The van der Waals surface area contributed by atoms with Crippen molar-refractivity contribution >= 4 is 11.0 Å². The highest BCUT2D eigenvalue weighted by Gasteiger charge is 2.19. The molecule has 1 aliphatic rings. The Morgan fingerprint density at radius 1 is 0.960 bits per heavy atom. The van der Waals surface area contributed by atoms with Crippen molar-refractivity contribution < 1.29 is 4.74 Å². The molecule has 0 saturated carbocycles. The van der Waals surface area contributed by atoms with Gasteiger partial charge < -0.3 is 14.2 Å². The van der Waals surface area contributed by atoms with E-state index in [4.69, 9.17) is 4.74 Å². The molecule has 0 bridgehead atoms. The largest absolute Gasteiger partial charge is 0.372 e. The van der Waals surface area contributed by atoms with Crippen LogP contribution in [0.15, 0.2) is 55.0 Å². The number of hydrogen-bond donors (Lipinski definition) is 0. The lowest BCUT2D eigenvalue weighted by atomic mass is 10.1. The van der Waals surface area contributed by atoms with E-state index < -0.39 is 0 Å². The molecule has 0 unspecified atom stereocenters. The van der Waals surface area contributed by atoms with Gasteiger partial charge in [-0.2, -0.15) is 0 Å². The second kappa shape index (κ2) is 7.76. The number of ether oxygens (including phenoxy) is 1. The zero-order valence-corrected chi connectivity index (χ0v) is 14.4. The van der Waals surface area contributed by atoms with Crippen LogP contribution in [0.25, 0.3) is 11.0 Å². The molecule has 130 valence electrons. The number of rotatable bonds is 6. The summed E-state index contributed by atoms with van der Waals surface area (Å²) in [6, 6.07) is 14.3. The van der Waals surface area contributed by atoms with Crippen LogP contribution in [0, 0.1) is 0 Å². The van der Waals surface area contributed by atoms with E-state index in [1.54, 1.807) is 0 Å². The van der Waals surface area contributed by atoms with Crippen molar-refractivity contribution in [3.8, 4) is 0 Å². The Morgan fingerprint density at radius 2 is 1.80 bits per heavy atom. The van der Waals surface area contributed by atoms with Crippen molar-refractivity contribution in [3.05, 3.63) is 60.7 Å². The third-order valence-electron chi connectivity index (χ3n) is 4.91. The number of imidazole rings is 1. The molecule has 1 aliphatic heterocycles. The Bertz CT molecular complexity index is 794. The molecule has 5 nitrogen and oxygen atoms in total. The summed E-state index contributed by atoms with van der Waals surface area (Å²) in [6.07, 6.45) is 6.32. The quantitative estimate of drug-likeness (QED) is 0.694. The smallest absolute Gasteiger partial charge is 0.0958 e. The Hall–Kier alpha value is -2.24. The van der Waals surface area contributed by atoms with Gasteiger partial charge in [-0.05, 0) is 37.1 Å². The number of fused-ring (bicyclic) bond motifs is 1. The monoisotopic (exact) mass is 336 g/mol. The SMILES string of the molecule is c1ccc(COC2CCN(CCn3cnc4ccccc43)CC2)nc1. The lowest BCUT2D eigenvalue weighted by molar-refractivity contribution is -0.00417. The number of piperidine rings is 1. The van der Waals surface area contributed by atoms with Gasteiger partial charge in [0, 0.05) is 32.4 Å². The molecule has 1 saturated heterocycles. The number of pyridine rings is 1. The van der Waals surface area contributed by atoms with Gasteiger partial charge in [-0.1, -0.05) is 18.2 Å². The minimum atomic E-state index is 0.354. The molecule has 1 fully saturated rings. The topological polar surface area (TPSA) is 43.2 Å². The maximum Gasteiger partial charge on any atom is 0.0958 e. The fourth-order valence-electron chi connectivity index (χ4n) is 3.42. The summed E-state index contributed by atoms with van der Waals surface area (Å²) < 4.78 is 8.27. The Balaban J connectivity index is 1.22. The van der Waals surface area contributed by atoms with Gasteiger partial charge in [0.1, 0.15) is 0 Å². The van der Waals surface area contributed by atoms with Crippen LogP contribution in [-0.4, -0.2) is 45.2 Å². The van der Waals surface area contributed by atoms with Crippen LogP contribution in [0.5, 0.6) is 0 Å². The third kappa shape index (κ3) is 4.06. The molecule has 0 aliphatic carbocycles. The average Bonchev–Trinajstić information content (AvgIpc) is 3.10. The van der Waals surface area contributed by atoms with Gasteiger partial charge in [0.05, 0.1) is 35.8 Å². The van der Waals surface area contributed by atoms with Crippen LogP contribution in [0.4, 0.5) is 0 Å². The van der Waals surface area contributed by atoms with Gasteiger partial charge in [-0.3, -0.25) is 4.98 Å². The van der Waals surface area contributed by atoms with Crippen LogP contribution >= 0.6 is 0 Å². The van der Waals surface area contributed by atoms with Gasteiger partial charge in [-0.25, -0.2) is 4.98 Å². The normalized spacial score (nSPS) is 16.5. The molecule has 0 amide bonds. The Morgan fingerprint density at radius 3 is 2.64 bits per heavy atom. The average molecular weight is 336 g/mol. The van der Waals surface area contributed by atoms with Crippen molar-refractivity contribution in [2.75, 3.05) is 19.6 Å². The van der Waals surface area contributed by atoms with E-state index in [-0.39, 0.29) is 0 Å². The predicted octanol–water partition coefficient (Wildman–Crippen LogP) is 3.11. The summed E-state index contributed by atoms with van der Waals surface area (Å²) in [7, 11) is 0. The highest BCUT2D eigenvalue weighted by atomic mass is 16.5. The fraction of sp³-hybridized carbons (Fsp3) is 0.400. The number of benzene rings is 1. The van der Waals surface area contributed by atoms with Gasteiger partial charge in [0.15, 0.2) is 0 Å². The second-order valence-corrected chi connectivity index (χ2v) is 6.60. The van der Waals surface area contributed by atoms with E-state index in [0.29, 0.717) is 12.7 Å². The molecule has 0 radical (unpaired) electrons. The van der Waals surface area contributed by atoms with Gasteiger partial charge >= 0.3 is 0 Å². The van der Waals surface area contributed by atoms with Gasteiger partial charge in [0.2, 0.25) is 0 Å². The van der Waals surface area contributed by atoms with Crippen LogP contribution in [0.1, 0.15) is 18.5 Å². The maximum atomic E-state index is 6.02. The molecule has 3 heterocycles. The molecule has 3 aromatic rings. The van der Waals surface area contributed by atoms with Crippen molar-refractivity contribution in [3.63, 3.8) is 0 Å². The summed E-state index contributed by atoms with van der Waals surface area (Å²) in [5.41, 5.74) is 3.30. The number of nitrogens with zero attached hydrogens (tertiary/aromatic N) is 4. The summed E-state index contributed by atoms with van der Waals surface area (Å²) in [6.45, 7) is 4.86. The predicted molar refractivity (Wildman–Crippen MR) is 98.2 cm³/mol. The van der Waals surface area contributed by atoms with Crippen molar-refractivity contribution in [1.29, 1.82) is 0 Å². The molecule has 5 heteroatoms. The van der Waals surface area contributed by atoms with E-state index in [9.17, 15) is 0 Å². The zero-order chi connectivity index (χ0) is 16.9. The first kappa shape index (κ1) is 16.2. The van der Waals surface area contributed by atoms with E-state index in [0.717, 1.165) is 50.2 Å². The van der Waals surface area contributed by atoms with Gasteiger partial charge in [-0.15, -0.1) is 0 Å². The summed E-state index contributed by atoms with van der Waals surface area (Å²) in [5.74, 6) is 0. The minimum Gasteiger partial charge on any atom is -0.372 e. The lowest BCUT2D eigenvalue weighted by Gasteiger charge is -2.31. The van der Waals surface area contributed by atoms with Crippen molar-refractivity contribution in [1.82, 2.24) is 19.4 Å². The van der Waals surface area contributed by atoms with Crippen molar-refractivity contribution in [2.24, 2.45) is 0 Å². The standard InChI is InChI=1S/C20H24N4O/c1-2-7-20-19(6-1)22-16-24(20)14-13-23-11-8-18(9-12-23)25-15-17-5-3-4-10-21-17/h1-7,10,16,18H,8-9,11-15H2. The molecular formula is C20H24N4O. The van der Waals surface area contributed by atoms with Crippen LogP contribution in [0.2, 0.25) is 0 Å². The molecule has 0 spiro atoms. The Labute approximate surface area is 148 Å². The molecule has 0 N–H and O–H groups in total. The number of aromatic nitrogens is 3. The fourth-order valence-corrected chi connectivity index (χ4v) is 3.42. The molecule has 4 rings (SSSR count). The third-order valence-corrected chi connectivity index (χ3v) is 4.91. The first-order valence-electron chi connectivity index (χ1n) is 9.02. The minimum absolute atomic E-state index is 0.354.